The van der Waals surface area contributed by atoms with Crippen LogP contribution in [0, 0.1) is 17.6 Å². The molecule has 4 rings (SSSR count). The maximum Gasteiger partial charge on any atom is 0.403 e. The molecular weight excluding hydrogens is 593 g/mol. The number of hydrogen-bond acceptors (Lipinski definition) is 7. The van der Waals surface area contributed by atoms with Gasteiger partial charge in [0.2, 0.25) is 0 Å². The lowest BCUT2D eigenvalue weighted by atomic mass is 9.75. The molecular formula is C24H25ClF5NO6S2. The van der Waals surface area contributed by atoms with Gasteiger partial charge in [-0.3, -0.25) is 0 Å². The highest BCUT2D eigenvalue weighted by Crippen LogP contribution is 2.56. The van der Waals surface area contributed by atoms with Crippen LogP contribution in [0.5, 0.6) is 5.75 Å². The molecule has 2 aliphatic rings. The second-order valence-corrected chi connectivity index (χ2v) is 14.5. The molecule has 1 unspecified atom stereocenters. The number of halogens is 6. The van der Waals surface area contributed by atoms with E-state index < -0.39 is 96.1 Å². The van der Waals surface area contributed by atoms with Crippen LogP contribution in [0.2, 0.25) is 5.02 Å². The predicted octanol–water partition coefficient (Wildman–Crippen LogP) is 4.17. The van der Waals surface area contributed by atoms with Crippen molar-refractivity contribution in [1.82, 2.24) is 0 Å². The Kier molecular flexibility index (Phi) is 8.27. The molecule has 4 atom stereocenters. The van der Waals surface area contributed by atoms with Gasteiger partial charge in [-0.15, -0.1) is 0 Å². The standard InChI is InChI=1S/C24H25ClF5NO6S2/c25-14-1-3-15(4-2-14)39(34,35)23-9-10-36-19(7-11-38(32,33)12-8-20(31)24(28,29)30)16(23)13-37-22-18(27)6-5-17(26)21(22)23/h1-6,16,19-20H,7-13,31H2/t16-,19-,20?,23-/m0/s1. The fraction of sp³-hybridized carbons (Fsp3) is 0.500. The predicted molar refractivity (Wildman–Crippen MR) is 132 cm³/mol. The fourth-order valence-corrected chi connectivity index (χ4v) is 9.08. The molecule has 0 saturated carbocycles. The van der Waals surface area contributed by atoms with Gasteiger partial charge in [0.05, 0.1) is 34.7 Å². The highest BCUT2D eigenvalue weighted by molar-refractivity contribution is 7.92. The molecule has 2 N–H and O–H groups in total. The average molecular weight is 618 g/mol. The molecule has 0 amide bonds. The minimum Gasteiger partial charge on any atom is -0.490 e. The van der Waals surface area contributed by atoms with Crippen molar-refractivity contribution in [3.05, 3.63) is 58.6 Å². The van der Waals surface area contributed by atoms with Crippen LogP contribution in [-0.2, 0) is 29.2 Å². The van der Waals surface area contributed by atoms with Crippen LogP contribution >= 0.6 is 11.6 Å². The first-order chi connectivity index (χ1) is 18.1. The molecule has 0 aliphatic carbocycles. The number of rotatable bonds is 8. The normalized spacial score (nSPS) is 24.4. The zero-order valence-electron chi connectivity index (χ0n) is 20.3. The smallest absolute Gasteiger partial charge is 0.403 e. The number of hydrogen-bond donors (Lipinski definition) is 1. The molecule has 2 aromatic rings. The average Bonchev–Trinajstić information content (AvgIpc) is 2.87. The first kappa shape index (κ1) is 30.0. The van der Waals surface area contributed by atoms with E-state index in [0.29, 0.717) is 0 Å². The SMILES string of the molecule is NC(CCS(=O)(=O)CC[C@@H]1OCC[C@@]2(S(=O)(=O)c3ccc(Cl)cc3)c3c(F)ccc(F)c3OC[C@@H]12)C(F)(F)F. The highest BCUT2D eigenvalue weighted by Gasteiger charge is 2.61. The Hall–Kier alpha value is -2.00. The van der Waals surface area contributed by atoms with Gasteiger partial charge in [-0.25, -0.2) is 25.6 Å². The Bertz CT molecular complexity index is 1440. The molecule has 2 aromatic carbocycles. The van der Waals surface area contributed by atoms with Crippen molar-refractivity contribution in [2.24, 2.45) is 11.7 Å². The van der Waals surface area contributed by atoms with E-state index in [1.165, 1.54) is 24.3 Å². The van der Waals surface area contributed by atoms with Gasteiger partial charge in [0.1, 0.15) is 26.4 Å². The summed E-state index contributed by atoms with van der Waals surface area (Å²) in [5, 5.41) is 0.243. The van der Waals surface area contributed by atoms with Gasteiger partial charge in [-0.05, 0) is 55.7 Å². The largest absolute Gasteiger partial charge is 0.490 e. The van der Waals surface area contributed by atoms with Crippen molar-refractivity contribution in [3.63, 3.8) is 0 Å². The number of alkyl halides is 3. The fourth-order valence-electron chi connectivity index (χ4n) is 5.20. The molecule has 15 heteroatoms. The molecule has 0 radical (unpaired) electrons. The molecule has 7 nitrogen and oxygen atoms in total. The van der Waals surface area contributed by atoms with E-state index >= 15 is 4.39 Å². The summed E-state index contributed by atoms with van der Waals surface area (Å²) >= 11 is 5.92. The van der Waals surface area contributed by atoms with Gasteiger partial charge in [-0.1, -0.05) is 11.6 Å². The summed E-state index contributed by atoms with van der Waals surface area (Å²) in [7, 11) is -8.55. The number of fused-ring (bicyclic) bond motifs is 3. The third-order valence-corrected chi connectivity index (χ3v) is 11.7. The summed E-state index contributed by atoms with van der Waals surface area (Å²) in [5.41, 5.74) is 4.50. The Balaban J connectivity index is 1.72. The molecule has 1 saturated heterocycles. The van der Waals surface area contributed by atoms with Crippen molar-refractivity contribution in [2.45, 2.75) is 47.2 Å². The Labute approximate surface area is 227 Å². The molecule has 0 spiro atoms. The van der Waals surface area contributed by atoms with Crippen LogP contribution in [0.25, 0.3) is 0 Å². The number of sulfone groups is 2. The van der Waals surface area contributed by atoms with E-state index in [1.54, 1.807) is 0 Å². The molecule has 1 fully saturated rings. The Morgan fingerprint density at radius 1 is 1.03 bits per heavy atom. The van der Waals surface area contributed by atoms with Crippen molar-refractivity contribution in [1.29, 1.82) is 0 Å². The summed E-state index contributed by atoms with van der Waals surface area (Å²) in [6, 6.07) is 4.40. The van der Waals surface area contributed by atoms with E-state index in [1.807, 2.05) is 0 Å². The zero-order valence-corrected chi connectivity index (χ0v) is 22.6. The molecule has 216 valence electrons. The maximum atomic E-state index is 15.4. The van der Waals surface area contributed by atoms with E-state index in [2.05, 4.69) is 0 Å². The second kappa shape index (κ2) is 10.8. The van der Waals surface area contributed by atoms with E-state index in [-0.39, 0.29) is 29.4 Å². The van der Waals surface area contributed by atoms with Gasteiger partial charge >= 0.3 is 6.18 Å². The van der Waals surface area contributed by atoms with E-state index in [0.717, 1.165) is 12.1 Å². The monoisotopic (exact) mass is 617 g/mol. The maximum absolute atomic E-state index is 15.4. The first-order valence-electron chi connectivity index (χ1n) is 11.9. The van der Waals surface area contributed by atoms with Crippen LogP contribution in [0.15, 0.2) is 41.3 Å². The summed E-state index contributed by atoms with van der Waals surface area (Å²) in [4.78, 5) is -0.220. The summed E-state index contributed by atoms with van der Waals surface area (Å²) < 4.78 is 131. The highest BCUT2D eigenvalue weighted by atomic mass is 35.5. The second-order valence-electron chi connectivity index (χ2n) is 9.53. The van der Waals surface area contributed by atoms with Crippen molar-refractivity contribution in [3.8, 4) is 5.75 Å². The van der Waals surface area contributed by atoms with Gasteiger partial charge in [0.15, 0.2) is 21.4 Å². The van der Waals surface area contributed by atoms with E-state index in [9.17, 15) is 34.4 Å². The molecule has 0 bridgehead atoms. The van der Waals surface area contributed by atoms with Crippen LogP contribution in [0.1, 0.15) is 24.8 Å². The number of benzene rings is 2. The zero-order chi connectivity index (χ0) is 28.8. The third kappa shape index (κ3) is 5.63. The Morgan fingerprint density at radius 3 is 2.31 bits per heavy atom. The quantitative estimate of drug-likeness (QED) is 0.443. The van der Waals surface area contributed by atoms with Crippen LogP contribution < -0.4 is 10.5 Å². The molecule has 2 aliphatic heterocycles. The van der Waals surface area contributed by atoms with Gasteiger partial charge in [0, 0.05) is 17.5 Å². The van der Waals surface area contributed by atoms with Gasteiger partial charge in [0.25, 0.3) is 0 Å². The lowest BCUT2D eigenvalue weighted by molar-refractivity contribution is -0.147. The third-order valence-electron chi connectivity index (χ3n) is 7.22. The summed E-state index contributed by atoms with van der Waals surface area (Å²) in [6.45, 7) is -0.688. The van der Waals surface area contributed by atoms with Crippen LogP contribution in [0.3, 0.4) is 0 Å². The van der Waals surface area contributed by atoms with Gasteiger partial charge < -0.3 is 15.2 Å². The molecule has 0 aromatic heterocycles. The number of ether oxygens (including phenoxy) is 2. The van der Waals surface area contributed by atoms with E-state index in [4.69, 9.17) is 26.8 Å². The van der Waals surface area contributed by atoms with Crippen LogP contribution in [-0.4, -0.2) is 59.9 Å². The topological polar surface area (TPSA) is 113 Å². The lowest BCUT2D eigenvalue weighted by Gasteiger charge is -2.50. The van der Waals surface area contributed by atoms with Gasteiger partial charge in [-0.2, -0.15) is 13.2 Å². The lowest BCUT2D eigenvalue weighted by Crippen LogP contribution is -2.57. The minimum atomic E-state index is -4.76. The van der Waals surface area contributed by atoms with Crippen molar-refractivity contribution < 1.29 is 48.3 Å². The summed E-state index contributed by atoms with van der Waals surface area (Å²) in [5.74, 6) is -5.22. The Morgan fingerprint density at radius 2 is 1.67 bits per heavy atom. The van der Waals surface area contributed by atoms with Crippen LogP contribution in [0.4, 0.5) is 22.0 Å². The van der Waals surface area contributed by atoms with Crippen molar-refractivity contribution >= 4 is 31.3 Å². The minimum absolute atomic E-state index is 0.220. The number of nitrogens with two attached hydrogens (primary N) is 1. The molecule has 2 heterocycles. The first-order valence-corrected chi connectivity index (χ1v) is 15.5. The van der Waals surface area contributed by atoms with Crippen molar-refractivity contribution in [2.75, 3.05) is 24.7 Å². The molecule has 39 heavy (non-hydrogen) atoms. The summed E-state index contributed by atoms with van der Waals surface area (Å²) in [6.07, 6.45) is -7.34.